The summed E-state index contributed by atoms with van der Waals surface area (Å²) in [4.78, 5) is 5.28. The molecule has 2 aromatic rings. The zero-order valence-electron chi connectivity index (χ0n) is 4.30. The van der Waals surface area contributed by atoms with Crippen molar-refractivity contribution in [3.63, 3.8) is 0 Å². The van der Waals surface area contributed by atoms with Crippen LogP contribution < -0.4 is 0 Å². The Hall–Kier alpha value is 0.0700. The molecule has 0 saturated carbocycles. The van der Waals surface area contributed by atoms with E-state index in [0.29, 0.717) is 0 Å². The van der Waals surface area contributed by atoms with Crippen molar-refractivity contribution in [2.45, 2.75) is 0 Å². The Morgan fingerprint density at radius 3 is 3.22 bits per heavy atom. The van der Waals surface area contributed by atoms with Crippen LogP contribution in [-0.2, 0) is 0 Å². The molecular weight excluding hydrogens is 218 g/mol. The molecule has 0 radical (unpaired) electrons. The van der Waals surface area contributed by atoms with E-state index < -0.39 is 0 Å². The Morgan fingerprint density at radius 1 is 1.56 bits per heavy atom. The summed E-state index contributed by atoms with van der Waals surface area (Å²) in [5, 5.41) is 0. The minimum atomic E-state index is 1.13. The first-order valence-corrected chi connectivity index (χ1v) is 4.84. The zero-order chi connectivity index (χ0) is 6.27. The third-order valence-corrected chi connectivity index (χ3v) is 3.45. The third kappa shape index (κ3) is 0.911. The maximum Gasteiger partial charge on any atom is 0.135 e. The van der Waals surface area contributed by atoms with E-state index in [-0.39, 0.29) is 0 Å². The van der Waals surface area contributed by atoms with Crippen LogP contribution in [0.3, 0.4) is 0 Å². The van der Waals surface area contributed by atoms with Crippen LogP contribution in [0.25, 0.3) is 9.53 Å². The topological polar surface area (TPSA) is 12.9 Å². The van der Waals surface area contributed by atoms with Crippen molar-refractivity contribution in [2.24, 2.45) is 0 Å². The normalized spacial score (nSPS) is 10.8. The molecule has 0 fully saturated rings. The average molecular weight is 220 g/mol. The number of thiazole rings is 1. The van der Waals surface area contributed by atoms with Crippen molar-refractivity contribution >= 4 is 48.1 Å². The predicted molar refractivity (Wildman–Crippen MR) is 45.2 cm³/mol. The van der Waals surface area contributed by atoms with Crippen molar-refractivity contribution < 1.29 is 0 Å². The monoisotopic (exact) mass is 219 g/mol. The van der Waals surface area contributed by atoms with E-state index in [0.717, 1.165) is 8.62 Å². The first-order chi connectivity index (χ1) is 4.36. The van der Waals surface area contributed by atoms with Crippen molar-refractivity contribution in [3.05, 3.63) is 15.4 Å². The highest BCUT2D eigenvalue weighted by atomic mass is 79.9. The van der Waals surface area contributed by atoms with Gasteiger partial charge >= 0.3 is 0 Å². The molecule has 0 bridgehead atoms. The van der Waals surface area contributed by atoms with Gasteiger partial charge in [0.15, 0.2) is 0 Å². The minimum absolute atomic E-state index is 1.13. The maximum absolute atomic E-state index is 4.15. The molecule has 2 aromatic heterocycles. The SMILES string of the molecule is Brc1cc2scnc2s1. The van der Waals surface area contributed by atoms with Gasteiger partial charge in [-0.25, -0.2) is 4.98 Å². The van der Waals surface area contributed by atoms with Crippen molar-refractivity contribution in [2.75, 3.05) is 0 Å². The smallest absolute Gasteiger partial charge is 0.135 e. The number of fused-ring (bicyclic) bond motifs is 1. The molecule has 2 heterocycles. The van der Waals surface area contributed by atoms with Gasteiger partial charge in [-0.05, 0) is 22.0 Å². The average Bonchev–Trinajstić information content (AvgIpc) is 2.22. The largest absolute Gasteiger partial charge is 0.234 e. The Labute approximate surface area is 68.5 Å². The summed E-state index contributed by atoms with van der Waals surface area (Å²) < 4.78 is 2.43. The van der Waals surface area contributed by atoms with Gasteiger partial charge in [0.05, 0.1) is 14.0 Å². The minimum Gasteiger partial charge on any atom is -0.234 e. The highest BCUT2D eigenvalue weighted by Gasteiger charge is 1.99. The highest BCUT2D eigenvalue weighted by molar-refractivity contribution is 9.11. The Bertz CT molecular complexity index is 296. The Balaban J connectivity index is 2.92. The molecule has 4 heteroatoms. The summed E-state index contributed by atoms with van der Waals surface area (Å²) in [6.45, 7) is 0. The fourth-order valence-corrected chi connectivity index (χ4v) is 3.13. The molecule has 0 atom stereocenters. The number of hydrogen-bond donors (Lipinski definition) is 0. The predicted octanol–water partition coefficient (Wildman–Crippen LogP) is 3.12. The van der Waals surface area contributed by atoms with Gasteiger partial charge in [0.2, 0.25) is 0 Å². The molecule has 0 aliphatic heterocycles. The molecule has 2 rings (SSSR count). The first-order valence-electron chi connectivity index (χ1n) is 2.35. The van der Waals surface area contributed by atoms with Crippen LogP contribution in [0.15, 0.2) is 15.4 Å². The fraction of sp³-hybridized carbons (Fsp3) is 0. The van der Waals surface area contributed by atoms with Crippen LogP contribution >= 0.6 is 38.6 Å². The van der Waals surface area contributed by atoms with E-state index in [1.165, 1.54) is 4.70 Å². The molecule has 0 unspecified atom stereocenters. The van der Waals surface area contributed by atoms with Crippen LogP contribution in [-0.4, -0.2) is 4.98 Å². The summed E-state index contributed by atoms with van der Waals surface area (Å²) in [6.07, 6.45) is 0. The quantitative estimate of drug-likeness (QED) is 0.664. The maximum atomic E-state index is 4.15. The van der Waals surface area contributed by atoms with Gasteiger partial charge in [-0.3, -0.25) is 0 Å². The number of rotatable bonds is 0. The van der Waals surface area contributed by atoms with E-state index in [2.05, 4.69) is 27.0 Å². The molecule has 0 aliphatic carbocycles. The Morgan fingerprint density at radius 2 is 2.44 bits per heavy atom. The lowest BCUT2D eigenvalue weighted by Gasteiger charge is -1.66. The van der Waals surface area contributed by atoms with E-state index in [9.17, 15) is 0 Å². The molecule has 46 valence electrons. The number of thiophene rings is 1. The number of aromatic nitrogens is 1. The number of nitrogens with zero attached hydrogens (tertiary/aromatic N) is 1. The van der Waals surface area contributed by atoms with Crippen LogP contribution in [0.2, 0.25) is 0 Å². The summed E-state index contributed by atoms with van der Waals surface area (Å²) in [7, 11) is 0. The third-order valence-electron chi connectivity index (χ3n) is 0.999. The van der Waals surface area contributed by atoms with Crippen LogP contribution in [0.4, 0.5) is 0 Å². The molecule has 0 N–H and O–H groups in total. The molecule has 1 nitrogen and oxygen atoms in total. The highest BCUT2D eigenvalue weighted by Crippen LogP contribution is 2.30. The molecular formula is C5H2BrNS2. The second-order valence-corrected chi connectivity index (χ2v) is 4.87. The van der Waals surface area contributed by atoms with Gasteiger partial charge in [0.1, 0.15) is 4.83 Å². The standard InChI is InChI=1S/C5H2BrNS2/c6-4-1-3-5(9-4)7-2-8-3/h1-2H. The second-order valence-electron chi connectivity index (χ2n) is 1.57. The molecule has 9 heavy (non-hydrogen) atoms. The van der Waals surface area contributed by atoms with Crippen molar-refractivity contribution in [3.8, 4) is 0 Å². The van der Waals surface area contributed by atoms with Gasteiger partial charge in [0, 0.05) is 0 Å². The summed E-state index contributed by atoms with van der Waals surface area (Å²) >= 11 is 6.74. The molecule has 0 saturated heterocycles. The molecule has 0 aromatic carbocycles. The lowest BCUT2D eigenvalue weighted by Crippen LogP contribution is -1.46. The first kappa shape index (κ1) is 5.82. The lowest BCUT2D eigenvalue weighted by molar-refractivity contribution is 1.54. The lowest BCUT2D eigenvalue weighted by atomic mass is 10.6. The van der Waals surface area contributed by atoms with Gasteiger partial charge in [-0.2, -0.15) is 0 Å². The molecule has 0 aliphatic rings. The number of halogens is 1. The van der Waals surface area contributed by atoms with E-state index >= 15 is 0 Å². The molecule has 0 spiro atoms. The number of hydrogen-bond acceptors (Lipinski definition) is 3. The zero-order valence-corrected chi connectivity index (χ0v) is 7.52. The van der Waals surface area contributed by atoms with E-state index in [4.69, 9.17) is 0 Å². The fourth-order valence-electron chi connectivity index (χ4n) is 0.642. The van der Waals surface area contributed by atoms with Gasteiger partial charge in [-0.15, -0.1) is 22.7 Å². The van der Waals surface area contributed by atoms with Gasteiger partial charge < -0.3 is 0 Å². The summed E-state index contributed by atoms with van der Waals surface area (Å²) in [5.74, 6) is 0. The van der Waals surface area contributed by atoms with E-state index in [1.807, 2.05) is 5.51 Å². The van der Waals surface area contributed by atoms with Crippen molar-refractivity contribution in [1.82, 2.24) is 4.98 Å². The van der Waals surface area contributed by atoms with Crippen LogP contribution in [0.5, 0.6) is 0 Å². The van der Waals surface area contributed by atoms with Crippen molar-refractivity contribution in [1.29, 1.82) is 0 Å². The summed E-state index contributed by atoms with van der Waals surface area (Å²) in [5.41, 5.74) is 1.87. The van der Waals surface area contributed by atoms with Crippen LogP contribution in [0.1, 0.15) is 0 Å². The Kier molecular flexibility index (Phi) is 1.32. The summed E-state index contributed by atoms with van der Waals surface area (Å²) in [6, 6.07) is 2.09. The van der Waals surface area contributed by atoms with E-state index in [1.54, 1.807) is 22.7 Å². The van der Waals surface area contributed by atoms with Crippen LogP contribution in [0, 0.1) is 0 Å². The second kappa shape index (κ2) is 2.04. The van der Waals surface area contributed by atoms with Gasteiger partial charge in [0.25, 0.3) is 0 Å². The molecule has 0 amide bonds. The van der Waals surface area contributed by atoms with Gasteiger partial charge in [-0.1, -0.05) is 0 Å².